The summed E-state index contributed by atoms with van der Waals surface area (Å²) in [6, 6.07) is 7.95. The molecule has 3 aromatic rings. The number of aromatic nitrogens is 2. The van der Waals surface area contributed by atoms with E-state index in [0.717, 1.165) is 12.1 Å². The van der Waals surface area contributed by atoms with Gasteiger partial charge in [0.1, 0.15) is 18.0 Å². The highest BCUT2D eigenvalue weighted by atomic mass is 19.2. The number of rotatable bonds is 2. The zero-order chi connectivity index (χ0) is 15.0. The van der Waals surface area contributed by atoms with Gasteiger partial charge in [-0.1, -0.05) is 6.07 Å². The number of hydrogen-bond acceptors (Lipinski definition) is 3. The van der Waals surface area contributed by atoms with E-state index in [1.807, 2.05) is 0 Å². The Labute approximate surface area is 118 Å². The number of fused-ring (bicyclic) bond motifs is 1. The van der Waals surface area contributed by atoms with E-state index in [1.165, 1.54) is 18.5 Å². The van der Waals surface area contributed by atoms with E-state index in [4.69, 9.17) is 0 Å². The normalized spacial score (nSPS) is 10.9. The van der Waals surface area contributed by atoms with Gasteiger partial charge in [0.2, 0.25) is 0 Å². The van der Waals surface area contributed by atoms with Gasteiger partial charge in [-0.25, -0.2) is 23.1 Å². The maximum absolute atomic E-state index is 13.4. The Bertz CT molecular complexity index is 820. The molecule has 0 spiro atoms. The molecule has 0 N–H and O–H groups in total. The smallest absolute Gasteiger partial charge is 0.161 e. The third-order valence-electron chi connectivity index (χ3n) is 3.17. The minimum Gasteiger partial charge on any atom is -0.329 e. The van der Waals surface area contributed by atoms with Crippen LogP contribution < -0.4 is 4.90 Å². The van der Waals surface area contributed by atoms with Crippen LogP contribution in [-0.2, 0) is 0 Å². The molecule has 2 aromatic carbocycles. The zero-order valence-electron chi connectivity index (χ0n) is 11.0. The van der Waals surface area contributed by atoms with Crippen LogP contribution in [0.2, 0.25) is 0 Å². The van der Waals surface area contributed by atoms with Crippen molar-refractivity contribution in [1.29, 1.82) is 0 Å². The molecule has 0 saturated heterocycles. The number of hydrogen-bond donors (Lipinski definition) is 0. The van der Waals surface area contributed by atoms with E-state index in [-0.39, 0.29) is 5.52 Å². The second-order valence-corrected chi connectivity index (χ2v) is 4.52. The van der Waals surface area contributed by atoms with E-state index in [1.54, 1.807) is 24.1 Å². The van der Waals surface area contributed by atoms with E-state index < -0.39 is 17.5 Å². The fourth-order valence-electron chi connectivity index (χ4n) is 2.11. The average molecular weight is 289 g/mol. The first-order chi connectivity index (χ1) is 10.1. The Morgan fingerprint density at radius 2 is 1.71 bits per heavy atom. The summed E-state index contributed by atoms with van der Waals surface area (Å²) in [4.78, 5) is 9.59. The van der Waals surface area contributed by atoms with Gasteiger partial charge in [-0.3, -0.25) is 0 Å². The minimum atomic E-state index is -0.980. The summed E-state index contributed by atoms with van der Waals surface area (Å²) in [5.41, 5.74) is 0.821. The molecule has 3 rings (SSSR count). The lowest BCUT2D eigenvalue weighted by Crippen LogP contribution is -2.12. The Morgan fingerprint density at radius 3 is 2.48 bits per heavy atom. The summed E-state index contributed by atoms with van der Waals surface area (Å²) in [7, 11) is 1.66. The van der Waals surface area contributed by atoms with Gasteiger partial charge in [0.25, 0.3) is 0 Å². The Balaban J connectivity index is 2.18. The third-order valence-corrected chi connectivity index (χ3v) is 3.17. The maximum Gasteiger partial charge on any atom is 0.161 e. The molecule has 0 saturated carbocycles. The topological polar surface area (TPSA) is 29.0 Å². The number of nitrogens with zero attached hydrogens (tertiary/aromatic N) is 3. The quantitative estimate of drug-likeness (QED) is 0.718. The van der Waals surface area contributed by atoms with Crippen LogP contribution in [0.15, 0.2) is 42.7 Å². The number of halogens is 3. The van der Waals surface area contributed by atoms with Crippen molar-refractivity contribution in [2.75, 3.05) is 11.9 Å². The van der Waals surface area contributed by atoms with Crippen LogP contribution in [0.3, 0.4) is 0 Å². The van der Waals surface area contributed by atoms with Crippen LogP contribution in [-0.4, -0.2) is 17.0 Å². The lowest BCUT2D eigenvalue weighted by molar-refractivity contribution is 0.510. The molecule has 21 heavy (non-hydrogen) atoms. The second kappa shape index (κ2) is 5.05. The van der Waals surface area contributed by atoms with Crippen molar-refractivity contribution in [2.45, 2.75) is 0 Å². The van der Waals surface area contributed by atoms with E-state index in [0.29, 0.717) is 16.9 Å². The van der Waals surface area contributed by atoms with Gasteiger partial charge < -0.3 is 4.90 Å². The van der Waals surface area contributed by atoms with Crippen molar-refractivity contribution >= 4 is 22.4 Å². The Kier molecular flexibility index (Phi) is 3.21. The van der Waals surface area contributed by atoms with Crippen molar-refractivity contribution in [3.63, 3.8) is 0 Å². The van der Waals surface area contributed by atoms with Crippen molar-refractivity contribution in [3.8, 4) is 0 Å². The summed E-state index contributed by atoms with van der Waals surface area (Å²) in [5.74, 6) is -1.98. The molecule has 0 aliphatic rings. The molecule has 0 aliphatic heterocycles. The van der Waals surface area contributed by atoms with Crippen LogP contribution in [0.4, 0.5) is 24.7 Å². The lowest BCUT2D eigenvalue weighted by Gasteiger charge is -2.19. The minimum absolute atomic E-state index is 0.280. The molecule has 0 atom stereocenters. The largest absolute Gasteiger partial charge is 0.329 e. The van der Waals surface area contributed by atoms with Crippen LogP contribution in [0.5, 0.6) is 0 Å². The molecule has 0 bridgehead atoms. The van der Waals surface area contributed by atoms with Gasteiger partial charge in [0, 0.05) is 24.2 Å². The zero-order valence-corrected chi connectivity index (χ0v) is 11.0. The molecule has 106 valence electrons. The molecule has 0 amide bonds. The summed E-state index contributed by atoms with van der Waals surface area (Å²) in [6.45, 7) is 0. The predicted octanol–water partition coefficient (Wildman–Crippen LogP) is 3.82. The van der Waals surface area contributed by atoms with Crippen LogP contribution in [0.1, 0.15) is 0 Å². The third kappa shape index (κ3) is 2.40. The Morgan fingerprint density at radius 1 is 0.952 bits per heavy atom. The first kappa shape index (κ1) is 13.4. The monoisotopic (exact) mass is 289 g/mol. The van der Waals surface area contributed by atoms with Crippen molar-refractivity contribution < 1.29 is 13.2 Å². The second-order valence-electron chi connectivity index (χ2n) is 4.52. The molecular formula is C15H10F3N3. The number of benzene rings is 2. The maximum atomic E-state index is 13.4. The van der Waals surface area contributed by atoms with Crippen molar-refractivity contribution in [3.05, 3.63) is 60.2 Å². The molecule has 3 nitrogen and oxygen atoms in total. The summed E-state index contributed by atoms with van der Waals surface area (Å²) < 4.78 is 40.0. The van der Waals surface area contributed by atoms with Gasteiger partial charge in [-0.2, -0.15) is 0 Å². The number of anilines is 2. The highest BCUT2D eigenvalue weighted by Gasteiger charge is 2.14. The predicted molar refractivity (Wildman–Crippen MR) is 73.9 cm³/mol. The molecular weight excluding hydrogens is 279 g/mol. The molecule has 0 radical (unpaired) electrons. The van der Waals surface area contributed by atoms with E-state index >= 15 is 0 Å². The average Bonchev–Trinajstić information content (AvgIpc) is 2.47. The molecule has 0 fully saturated rings. The SMILES string of the molecule is CN(c1cccc(F)c1)c1ncnc2cc(F)c(F)cc12. The van der Waals surface area contributed by atoms with Crippen LogP contribution >= 0.6 is 0 Å². The van der Waals surface area contributed by atoms with Gasteiger partial charge in [0.15, 0.2) is 11.6 Å². The fourth-order valence-corrected chi connectivity index (χ4v) is 2.11. The molecule has 1 aromatic heterocycles. The highest BCUT2D eigenvalue weighted by molar-refractivity contribution is 5.91. The van der Waals surface area contributed by atoms with Crippen molar-refractivity contribution in [1.82, 2.24) is 9.97 Å². The van der Waals surface area contributed by atoms with Crippen molar-refractivity contribution in [2.24, 2.45) is 0 Å². The van der Waals surface area contributed by atoms with E-state index in [9.17, 15) is 13.2 Å². The summed E-state index contributed by atoms with van der Waals surface area (Å²) in [6.07, 6.45) is 1.25. The first-order valence-electron chi connectivity index (χ1n) is 6.15. The lowest BCUT2D eigenvalue weighted by atomic mass is 10.2. The molecule has 0 aliphatic carbocycles. The highest BCUT2D eigenvalue weighted by Crippen LogP contribution is 2.29. The Hall–Kier alpha value is -2.63. The van der Waals surface area contributed by atoms with Gasteiger partial charge in [-0.05, 0) is 24.3 Å². The van der Waals surface area contributed by atoms with Crippen LogP contribution in [0.25, 0.3) is 10.9 Å². The molecule has 1 heterocycles. The molecule has 6 heteroatoms. The first-order valence-corrected chi connectivity index (χ1v) is 6.15. The summed E-state index contributed by atoms with van der Waals surface area (Å²) in [5, 5.41) is 0.350. The molecule has 0 unspecified atom stereocenters. The van der Waals surface area contributed by atoms with Gasteiger partial charge in [0.05, 0.1) is 5.52 Å². The van der Waals surface area contributed by atoms with Gasteiger partial charge >= 0.3 is 0 Å². The fraction of sp³-hybridized carbons (Fsp3) is 0.0667. The summed E-state index contributed by atoms with van der Waals surface area (Å²) >= 11 is 0. The van der Waals surface area contributed by atoms with Gasteiger partial charge in [-0.15, -0.1) is 0 Å². The van der Waals surface area contributed by atoms with Crippen LogP contribution in [0, 0.1) is 17.5 Å². The van der Waals surface area contributed by atoms with E-state index in [2.05, 4.69) is 9.97 Å². The standard InChI is InChI=1S/C15H10F3N3/c1-21(10-4-2-3-9(16)5-10)15-11-6-12(17)13(18)7-14(11)19-8-20-15/h2-8H,1H3.